The average Bonchev–Trinajstić information content (AvgIpc) is 2.55. The molecule has 0 saturated carbocycles. The van der Waals surface area contributed by atoms with Crippen molar-refractivity contribution >= 4 is 17.5 Å². The van der Waals surface area contributed by atoms with Crippen LogP contribution in [0, 0.1) is 0 Å². The molecule has 5 nitrogen and oxygen atoms in total. The predicted octanol–water partition coefficient (Wildman–Crippen LogP) is 3.50. The molecule has 1 aromatic carbocycles. The summed E-state index contributed by atoms with van der Waals surface area (Å²) in [7, 11) is 0. The van der Waals surface area contributed by atoms with Crippen LogP contribution in [0.4, 0.5) is 5.69 Å². The van der Waals surface area contributed by atoms with Crippen molar-refractivity contribution in [3.8, 4) is 5.75 Å². The quantitative estimate of drug-likeness (QED) is 0.512. The highest BCUT2D eigenvalue weighted by Gasteiger charge is 2.14. The van der Waals surface area contributed by atoms with Crippen LogP contribution in [0.5, 0.6) is 5.75 Å². The van der Waals surface area contributed by atoms with Gasteiger partial charge in [0.15, 0.2) is 0 Å². The maximum absolute atomic E-state index is 11.9. The Labute approximate surface area is 138 Å². The summed E-state index contributed by atoms with van der Waals surface area (Å²) in [5.41, 5.74) is 0.508. The van der Waals surface area contributed by atoms with Gasteiger partial charge in [0.05, 0.1) is 12.3 Å². The molecule has 0 bridgehead atoms. The number of unbranched alkanes of at least 4 members (excludes halogenated alkanes) is 5. The Morgan fingerprint density at radius 1 is 0.957 bits per heavy atom. The Hall–Kier alpha value is -2.04. The molecule has 2 N–H and O–H groups in total. The number of carbonyl (C=O) groups is 2. The van der Waals surface area contributed by atoms with Gasteiger partial charge < -0.3 is 15.4 Å². The normalized spacial score (nSPS) is 10.2. The third-order valence-electron chi connectivity index (χ3n) is 3.46. The van der Waals surface area contributed by atoms with E-state index in [-0.39, 0.29) is 0 Å². The van der Waals surface area contributed by atoms with E-state index in [1.807, 2.05) is 13.0 Å². The molecule has 0 heterocycles. The van der Waals surface area contributed by atoms with Gasteiger partial charge in [-0.05, 0) is 25.5 Å². The summed E-state index contributed by atoms with van der Waals surface area (Å²) in [5.74, 6) is -0.708. The Balaban J connectivity index is 2.30. The Kier molecular flexibility index (Phi) is 9.52. The van der Waals surface area contributed by atoms with Gasteiger partial charge in [0.25, 0.3) is 0 Å². The molecule has 128 valence electrons. The molecule has 5 heteroatoms. The summed E-state index contributed by atoms with van der Waals surface area (Å²) in [5, 5.41) is 5.24. The fourth-order valence-electron chi connectivity index (χ4n) is 2.22. The number of benzene rings is 1. The lowest BCUT2D eigenvalue weighted by atomic mass is 10.1. The van der Waals surface area contributed by atoms with E-state index in [1.165, 1.54) is 25.7 Å². The van der Waals surface area contributed by atoms with Crippen LogP contribution >= 0.6 is 0 Å². The molecular weight excluding hydrogens is 292 g/mol. The smallest absolute Gasteiger partial charge is 0.313 e. The van der Waals surface area contributed by atoms with Gasteiger partial charge in [-0.25, -0.2) is 0 Å². The van der Waals surface area contributed by atoms with Crippen molar-refractivity contribution in [2.45, 2.75) is 52.4 Å². The largest absolute Gasteiger partial charge is 0.492 e. The minimum Gasteiger partial charge on any atom is -0.492 e. The molecule has 0 radical (unpaired) electrons. The topological polar surface area (TPSA) is 67.4 Å². The van der Waals surface area contributed by atoms with E-state index < -0.39 is 11.8 Å². The lowest BCUT2D eigenvalue weighted by Gasteiger charge is -2.11. The van der Waals surface area contributed by atoms with E-state index in [0.29, 0.717) is 24.6 Å². The van der Waals surface area contributed by atoms with Gasteiger partial charge in [-0.15, -0.1) is 0 Å². The zero-order valence-electron chi connectivity index (χ0n) is 14.2. The van der Waals surface area contributed by atoms with Gasteiger partial charge in [-0.2, -0.15) is 0 Å². The van der Waals surface area contributed by atoms with Crippen molar-refractivity contribution in [3.63, 3.8) is 0 Å². The number of amides is 2. The third-order valence-corrected chi connectivity index (χ3v) is 3.46. The van der Waals surface area contributed by atoms with E-state index in [9.17, 15) is 9.59 Å². The summed E-state index contributed by atoms with van der Waals surface area (Å²) >= 11 is 0. The van der Waals surface area contributed by atoms with Crippen molar-refractivity contribution in [2.24, 2.45) is 0 Å². The number of hydrogen-bond acceptors (Lipinski definition) is 3. The number of anilines is 1. The summed E-state index contributed by atoms with van der Waals surface area (Å²) in [6, 6.07) is 7.07. The van der Waals surface area contributed by atoms with Crippen molar-refractivity contribution in [3.05, 3.63) is 24.3 Å². The molecule has 0 aliphatic carbocycles. The van der Waals surface area contributed by atoms with Crippen LogP contribution in [0.2, 0.25) is 0 Å². The van der Waals surface area contributed by atoms with E-state index >= 15 is 0 Å². The van der Waals surface area contributed by atoms with Gasteiger partial charge in [0, 0.05) is 6.54 Å². The summed E-state index contributed by atoms with van der Waals surface area (Å²) in [6.07, 6.45) is 6.87. The second kappa shape index (κ2) is 11.5. The molecule has 0 aliphatic heterocycles. The SMILES string of the molecule is CCCCCCCCNC(=O)C(=O)Nc1ccccc1OCC. The lowest BCUT2D eigenvalue weighted by molar-refractivity contribution is -0.136. The third kappa shape index (κ3) is 7.68. The van der Waals surface area contributed by atoms with Crippen molar-refractivity contribution in [2.75, 3.05) is 18.5 Å². The number of para-hydroxylation sites is 2. The van der Waals surface area contributed by atoms with Crippen LogP contribution in [0.15, 0.2) is 24.3 Å². The summed E-state index contributed by atoms with van der Waals surface area (Å²) < 4.78 is 5.42. The highest BCUT2D eigenvalue weighted by Crippen LogP contribution is 2.23. The fraction of sp³-hybridized carbons (Fsp3) is 0.556. The number of carbonyl (C=O) groups excluding carboxylic acids is 2. The molecule has 0 fully saturated rings. The van der Waals surface area contributed by atoms with Crippen LogP contribution in [0.1, 0.15) is 52.4 Å². The molecule has 1 rings (SSSR count). The Bertz CT molecular complexity index is 489. The number of hydrogen-bond donors (Lipinski definition) is 2. The first kappa shape index (κ1) is 19.0. The van der Waals surface area contributed by atoms with Crippen molar-refractivity contribution < 1.29 is 14.3 Å². The maximum Gasteiger partial charge on any atom is 0.313 e. The molecule has 1 aromatic rings. The average molecular weight is 320 g/mol. The molecule has 0 spiro atoms. The highest BCUT2D eigenvalue weighted by atomic mass is 16.5. The zero-order valence-corrected chi connectivity index (χ0v) is 14.2. The number of ether oxygens (including phenoxy) is 1. The Morgan fingerprint density at radius 3 is 2.39 bits per heavy atom. The molecule has 0 unspecified atom stereocenters. The summed E-state index contributed by atoms with van der Waals surface area (Å²) in [6.45, 7) is 5.08. The first-order valence-electron chi connectivity index (χ1n) is 8.50. The molecule has 0 atom stereocenters. The van der Waals surface area contributed by atoms with Crippen LogP contribution in [-0.4, -0.2) is 25.0 Å². The van der Waals surface area contributed by atoms with Crippen LogP contribution < -0.4 is 15.4 Å². The second-order valence-electron chi connectivity index (χ2n) is 5.41. The molecule has 23 heavy (non-hydrogen) atoms. The minimum atomic E-state index is -0.664. The van der Waals surface area contributed by atoms with Gasteiger partial charge in [0.2, 0.25) is 0 Å². The molecule has 0 saturated heterocycles. The van der Waals surface area contributed by atoms with Gasteiger partial charge in [0.1, 0.15) is 5.75 Å². The molecular formula is C18H28N2O3. The zero-order chi connectivity index (χ0) is 16.9. The number of rotatable bonds is 10. The van der Waals surface area contributed by atoms with Gasteiger partial charge >= 0.3 is 11.8 Å². The van der Waals surface area contributed by atoms with E-state index in [4.69, 9.17) is 4.74 Å². The van der Waals surface area contributed by atoms with Gasteiger partial charge in [-0.1, -0.05) is 51.2 Å². The highest BCUT2D eigenvalue weighted by molar-refractivity contribution is 6.39. The molecule has 2 amide bonds. The van der Waals surface area contributed by atoms with Crippen LogP contribution in [0.25, 0.3) is 0 Å². The molecule has 0 aliphatic rings. The van der Waals surface area contributed by atoms with Crippen LogP contribution in [0.3, 0.4) is 0 Å². The first-order chi connectivity index (χ1) is 11.2. The monoisotopic (exact) mass is 320 g/mol. The van der Waals surface area contributed by atoms with Gasteiger partial charge in [-0.3, -0.25) is 9.59 Å². The summed E-state index contributed by atoms with van der Waals surface area (Å²) in [4.78, 5) is 23.7. The van der Waals surface area contributed by atoms with Crippen LogP contribution in [-0.2, 0) is 9.59 Å². The Morgan fingerprint density at radius 2 is 1.65 bits per heavy atom. The maximum atomic E-state index is 11.9. The second-order valence-corrected chi connectivity index (χ2v) is 5.41. The standard InChI is InChI=1S/C18H28N2O3/c1-3-5-6-7-8-11-14-19-17(21)18(22)20-15-12-9-10-13-16(15)23-4-2/h9-10,12-13H,3-8,11,14H2,1-2H3,(H,19,21)(H,20,22). The van der Waals surface area contributed by atoms with E-state index in [0.717, 1.165) is 12.8 Å². The minimum absolute atomic E-state index is 0.497. The first-order valence-corrected chi connectivity index (χ1v) is 8.50. The number of nitrogens with one attached hydrogen (secondary N) is 2. The fourth-order valence-corrected chi connectivity index (χ4v) is 2.22. The predicted molar refractivity (Wildman–Crippen MR) is 92.6 cm³/mol. The van der Waals surface area contributed by atoms with E-state index in [2.05, 4.69) is 17.6 Å². The van der Waals surface area contributed by atoms with Crippen molar-refractivity contribution in [1.82, 2.24) is 5.32 Å². The molecule has 0 aromatic heterocycles. The lowest BCUT2D eigenvalue weighted by Crippen LogP contribution is -2.36. The van der Waals surface area contributed by atoms with E-state index in [1.54, 1.807) is 18.2 Å². The van der Waals surface area contributed by atoms with Crippen molar-refractivity contribution in [1.29, 1.82) is 0 Å².